The molecule has 2 fully saturated rings. The lowest BCUT2D eigenvalue weighted by Gasteiger charge is -2.36. The number of morpholine rings is 1. The molecule has 8 heteroatoms. The molecule has 2 aliphatic rings. The van der Waals surface area contributed by atoms with Crippen LogP contribution in [0.3, 0.4) is 0 Å². The van der Waals surface area contributed by atoms with Gasteiger partial charge in [0, 0.05) is 57.4 Å². The number of carbonyl (C=O) groups is 3. The van der Waals surface area contributed by atoms with E-state index < -0.39 is 11.8 Å². The standard InChI is InChI=1S/C23H34N4O4/c1-4-24(18(2)3)17-19-5-7-20(8-6-19)21(28)25-9-11-26(12-10-25)22(29)23(30)27-13-15-31-16-14-27/h5-8,18H,4,9-17H2,1-3H3. The summed E-state index contributed by atoms with van der Waals surface area (Å²) >= 11 is 0. The molecule has 0 aromatic heterocycles. The first-order valence-electron chi connectivity index (χ1n) is 11.2. The number of amides is 3. The Morgan fingerprint density at radius 2 is 1.39 bits per heavy atom. The minimum absolute atomic E-state index is 0.0330. The van der Waals surface area contributed by atoms with Crippen molar-refractivity contribution >= 4 is 17.7 Å². The second-order valence-corrected chi connectivity index (χ2v) is 8.34. The molecular formula is C23H34N4O4. The summed E-state index contributed by atoms with van der Waals surface area (Å²) in [5.41, 5.74) is 1.84. The van der Waals surface area contributed by atoms with Crippen LogP contribution in [0, 0.1) is 0 Å². The van der Waals surface area contributed by atoms with Crippen molar-refractivity contribution in [3.05, 3.63) is 35.4 Å². The largest absolute Gasteiger partial charge is 0.378 e. The molecule has 2 heterocycles. The number of nitrogens with zero attached hydrogens (tertiary/aromatic N) is 4. The van der Waals surface area contributed by atoms with Gasteiger partial charge in [-0.05, 0) is 38.1 Å². The van der Waals surface area contributed by atoms with E-state index in [0.29, 0.717) is 64.1 Å². The van der Waals surface area contributed by atoms with Gasteiger partial charge < -0.3 is 19.4 Å². The summed E-state index contributed by atoms with van der Waals surface area (Å²) < 4.78 is 5.23. The summed E-state index contributed by atoms with van der Waals surface area (Å²) in [4.78, 5) is 45.0. The Hall–Kier alpha value is -2.45. The normalized spacial score (nSPS) is 17.4. The fourth-order valence-electron chi connectivity index (χ4n) is 3.98. The highest BCUT2D eigenvalue weighted by Gasteiger charge is 2.31. The van der Waals surface area contributed by atoms with E-state index in [9.17, 15) is 14.4 Å². The Morgan fingerprint density at radius 3 is 1.90 bits per heavy atom. The molecular weight excluding hydrogens is 396 g/mol. The van der Waals surface area contributed by atoms with Gasteiger partial charge >= 0.3 is 11.8 Å². The van der Waals surface area contributed by atoms with E-state index in [1.807, 2.05) is 24.3 Å². The van der Waals surface area contributed by atoms with Gasteiger partial charge in [0.05, 0.1) is 13.2 Å². The molecule has 0 radical (unpaired) electrons. The second kappa shape index (κ2) is 10.7. The van der Waals surface area contributed by atoms with Gasteiger partial charge in [-0.15, -0.1) is 0 Å². The van der Waals surface area contributed by atoms with Crippen molar-refractivity contribution in [2.45, 2.75) is 33.4 Å². The first-order chi connectivity index (χ1) is 14.9. The molecule has 0 bridgehead atoms. The molecule has 1 aromatic carbocycles. The number of carbonyl (C=O) groups excluding carboxylic acids is 3. The molecule has 0 spiro atoms. The number of hydrogen-bond acceptors (Lipinski definition) is 5. The highest BCUT2D eigenvalue weighted by molar-refractivity contribution is 6.34. The van der Waals surface area contributed by atoms with Gasteiger partial charge in [-0.3, -0.25) is 19.3 Å². The summed E-state index contributed by atoms with van der Waals surface area (Å²) in [5.74, 6) is -0.987. The van der Waals surface area contributed by atoms with Gasteiger partial charge in [-0.1, -0.05) is 19.1 Å². The monoisotopic (exact) mass is 430 g/mol. The molecule has 3 amide bonds. The Balaban J connectivity index is 1.51. The van der Waals surface area contributed by atoms with Crippen LogP contribution < -0.4 is 0 Å². The molecule has 3 rings (SSSR count). The van der Waals surface area contributed by atoms with Crippen molar-refractivity contribution in [2.75, 3.05) is 59.0 Å². The molecule has 2 saturated heterocycles. The zero-order valence-corrected chi connectivity index (χ0v) is 18.9. The Labute approximate surface area is 184 Å². The Kier molecular flexibility index (Phi) is 8.03. The summed E-state index contributed by atoms with van der Waals surface area (Å²) in [7, 11) is 0. The van der Waals surface area contributed by atoms with Gasteiger partial charge in [0.1, 0.15) is 0 Å². The molecule has 170 valence electrons. The highest BCUT2D eigenvalue weighted by Crippen LogP contribution is 2.14. The average molecular weight is 431 g/mol. The van der Waals surface area contributed by atoms with E-state index in [4.69, 9.17) is 4.74 Å². The molecule has 0 saturated carbocycles. The third kappa shape index (κ3) is 5.83. The van der Waals surface area contributed by atoms with Crippen molar-refractivity contribution in [3.8, 4) is 0 Å². The maximum absolute atomic E-state index is 12.9. The first kappa shape index (κ1) is 23.2. The van der Waals surface area contributed by atoms with Crippen molar-refractivity contribution in [3.63, 3.8) is 0 Å². The third-order valence-electron chi connectivity index (χ3n) is 6.06. The van der Waals surface area contributed by atoms with E-state index in [0.717, 1.165) is 13.1 Å². The number of benzene rings is 1. The van der Waals surface area contributed by atoms with E-state index in [-0.39, 0.29) is 5.91 Å². The summed E-state index contributed by atoms with van der Waals surface area (Å²) in [6.07, 6.45) is 0. The molecule has 0 unspecified atom stereocenters. The molecule has 1 aromatic rings. The van der Waals surface area contributed by atoms with Gasteiger partial charge in [-0.25, -0.2) is 0 Å². The highest BCUT2D eigenvalue weighted by atomic mass is 16.5. The molecule has 8 nitrogen and oxygen atoms in total. The van der Waals surface area contributed by atoms with Crippen molar-refractivity contribution in [2.24, 2.45) is 0 Å². The fraction of sp³-hybridized carbons (Fsp3) is 0.609. The topological polar surface area (TPSA) is 73.4 Å². The smallest absolute Gasteiger partial charge is 0.312 e. The maximum Gasteiger partial charge on any atom is 0.312 e. The maximum atomic E-state index is 12.9. The van der Waals surface area contributed by atoms with Crippen LogP contribution >= 0.6 is 0 Å². The van der Waals surface area contributed by atoms with Crippen LogP contribution in [0.4, 0.5) is 0 Å². The Morgan fingerprint density at radius 1 is 0.871 bits per heavy atom. The van der Waals surface area contributed by atoms with Gasteiger partial charge in [0.2, 0.25) is 0 Å². The van der Waals surface area contributed by atoms with Crippen LogP contribution in [0.5, 0.6) is 0 Å². The van der Waals surface area contributed by atoms with Crippen molar-refractivity contribution < 1.29 is 19.1 Å². The predicted molar refractivity (Wildman–Crippen MR) is 118 cm³/mol. The van der Waals surface area contributed by atoms with E-state index >= 15 is 0 Å². The molecule has 0 N–H and O–H groups in total. The average Bonchev–Trinajstić information content (AvgIpc) is 2.82. The quantitative estimate of drug-likeness (QED) is 0.653. The Bertz CT molecular complexity index is 766. The summed E-state index contributed by atoms with van der Waals surface area (Å²) in [6.45, 7) is 11.8. The lowest BCUT2D eigenvalue weighted by molar-refractivity contribution is -0.154. The predicted octanol–water partition coefficient (Wildman–Crippen LogP) is 1.06. The van der Waals surface area contributed by atoms with Crippen LogP contribution in [0.15, 0.2) is 24.3 Å². The number of hydrogen-bond donors (Lipinski definition) is 0. The second-order valence-electron chi connectivity index (χ2n) is 8.34. The summed E-state index contributed by atoms with van der Waals surface area (Å²) in [6, 6.07) is 8.26. The lowest BCUT2D eigenvalue weighted by atomic mass is 10.1. The number of rotatable bonds is 5. The van der Waals surface area contributed by atoms with Crippen LogP contribution in [-0.2, 0) is 20.9 Å². The third-order valence-corrected chi connectivity index (χ3v) is 6.06. The van der Waals surface area contributed by atoms with Crippen molar-refractivity contribution in [1.82, 2.24) is 19.6 Å². The number of piperazine rings is 1. The van der Waals surface area contributed by atoms with Gasteiger partial charge in [0.15, 0.2) is 0 Å². The van der Waals surface area contributed by atoms with Crippen molar-refractivity contribution in [1.29, 1.82) is 0 Å². The zero-order valence-electron chi connectivity index (χ0n) is 18.9. The lowest BCUT2D eigenvalue weighted by Crippen LogP contribution is -2.55. The van der Waals surface area contributed by atoms with Gasteiger partial charge in [0.25, 0.3) is 5.91 Å². The van der Waals surface area contributed by atoms with Crippen LogP contribution in [0.2, 0.25) is 0 Å². The molecule has 0 atom stereocenters. The SMILES string of the molecule is CCN(Cc1ccc(C(=O)N2CCN(C(=O)C(=O)N3CCOCC3)CC2)cc1)C(C)C. The van der Waals surface area contributed by atoms with E-state index in [1.54, 1.807) is 14.7 Å². The molecule has 31 heavy (non-hydrogen) atoms. The van der Waals surface area contributed by atoms with Gasteiger partial charge in [-0.2, -0.15) is 0 Å². The first-order valence-corrected chi connectivity index (χ1v) is 11.2. The minimum atomic E-state index is -0.482. The molecule has 0 aliphatic carbocycles. The van der Waals surface area contributed by atoms with Crippen LogP contribution in [0.1, 0.15) is 36.7 Å². The van der Waals surface area contributed by atoms with Crippen LogP contribution in [0.25, 0.3) is 0 Å². The number of ether oxygens (including phenoxy) is 1. The summed E-state index contributed by atoms with van der Waals surface area (Å²) in [5, 5.41) is 0. The van der Waals surface area contributed by atoms with E-state index in [2.05, 4.69) is 25.7 Å². The van der Waals surface area contributed by atoms with Crippen LogP contribution in [-0.4, -0.2) is 102 Å². The fourth-order valence-corrected chi connectivity index (χ4v) is 3.98. The zero-order chi connectivity index (χ0) is 22.4. The van der Waals surface area contributed by atoms with E-state index in [1.165, 1.54) is 5.56 Å². The minimum Gasteiger partial charge on any atom is -0.378 e. The molecule has 2 aliphatic heterocycles.